The maximum Gasteiger partial charge on any atom is 0.272 e. The second-order valence-corrected chi connectivity index (χ2v) is 7.65. The molecule has 2 aliphatic rings. The van der Waals surface area contributed by atoms with Crippen molar-refractivity contribution in [2.24, 2.45) is 5.92 Å². The fourth-order valence-electron chi connectivity index (χ4n) is 3.39. The number of aliphatic hydroxyl groups is 1. The molecule has 7 heteroatoms. The Hall–Kier alpha value is -1.92. The molecule has 0 aliphatic heterocycles. The predicted molar refractivity (Wildman–Crippen MR) is 89.6 cm³/mol. The molecule has 1 fully saturated rings. The monoisotopic (exact) mass is 346 g/mol. The van der Waals surface area contributed by atoms with E-state index in [0.29, 0.717) is 22.7 Å². The summed E-state index contributed by atoms with van der Waals surface area (Å²) >= 11 is 5.87. The first-order chi connectivity index (χ1) is 11.4. The predicted octanol–water partition coefficient (Wildman–Crippen LogP) is 2.08. The second kappa shape index (κ2) is 5.29. The molecular weight excluding hydrogens is 328 g/mol. The quantitative estimate of drug-likeness (QED) is 0.831. The molecule has 1 saturated carbocycles. The lowest BCUT2D eigenvalue weighted by Gasteiger charge is -2.23. The Bertz CT molecular complexity index is 813. The molecule has 4 rings (SSSR count). The van der Waals surface area contributed by atoms with Crippen LogP contribution in [-0.4, -0.2) is 37.9 Å². The minimum Gasteiger partial charge on any atom is -0.394 e. The Balaban J connectivity index is 1.75. The Kier molecular flexibility index (Phi) is 3.44. The molecule has 6 nitrogen and oxygen atoms in total. The van der Waals surface area contributed by atoms with Crippen molar-refractivity contribution < 1.29 is 9.90 Å². The molecule has 2 aromatic rings. The number of aromatic nitrogens is 3. The van der Waals surface area contributed by atoms with Gasteiger partial charge in [0, 0.05) is 11.5 Å². The van der Waals surface area contributed by atoms with Crippen LogP contribution in [-0.2, 0) is 6.42 Å². The fourth-order valence-corrected chi connectivity index (χ4v) is 3.51. The number of amides is 1. The number of pyridine rings is 1. The Morgan fingerprint density at radius 2 is 2.29 bits per heavy atom. The first-order valence-electron chi connectivity index (χ1n) is 8.07. The van der Waals surface area contributed by atoms with E-state index < -0.39 is 5.54 Å². The maximum absolute atomic E-state index is 12.7. The van der Waals surface area contributed by atoms with E-state index in [0.717, 1.165) is 29.8 Å². The van der Waals surface area contributed by atoms with Crippen LogP contribution in [0.15, 0.2) is 18.3 Å². The van der Waals surface area contributed by atoms with Crippen LogP contribution in [0, 0.1) is 5.92 Å². The fraction of sp³-hybridized carbons (Fsp3) is 0.471. The number of nitrogens with zero attached hydrogens (tertiary/aromatic N) is 3. The lowest BCUT2D eigenvalue weighted by Crippen LogP contribution is -2.46. The van der Waals surface area contributed by atoms with Crippen LogP contribution in [0.2, 0.25) is 5.15 Å². The molecule has 1 amide bonds. The molecule has 2 aliphatic carbocycles. The van der Waals surface area contributed by atoms with Crippen molar-refractivity contribution in [2.45, 2.75) is 38.1 Å². The zero-order valence-corrected chi connectivity index (χ0v) is 14.3. The molecular formula is C17H19ClN4O2. The Labute approximate surface area is 144 Å². The van der Waals surface area contributed by atoms with Gasteiger partial charge in [0.1, 0.15) is 5.15 Å². The molecule has 2 heterocycles. The summed E-state index contributed by atoms with van der Waals surface area (Å²) in [6.45, 7) is 3.43. The minimum absolute atomic E-state index is 0.131. The number of hydrogen-bond donors (Lipinski definition) is 2. The largest absolute Gasteiger partial charge is 0.394 e. The number of fused-ring (bicyclic) bond motifs is 3. The molecule has 2 aromatic heterocycles. The van der Waals surface area contributed by atoms with Gasteiger partial charge in [0.05, 0.1) is 29.7 Å². The zero-order chi connectivity index (χ0) is 17.1. The standard InChI is InChI=1S/C17H19ClN4O2/c1-17(2,8-23)20-16(24)14-12-6-9-5-11(9)15(12)22(21-14)10-3-4-13(18)19-7-10/h3-4,7,9,11,23H,5-6,8H2,1-2H3,(H,20,24)/t9-,11-/m1/s1. The average molecular weight is 347 g/mol. The van der Waals surface area contributed by atoms with E-state index in [1.54, 1.807) is 26.1 Å². The first-order valence-corrected chi connectivity index (χ1v) is 8.44. The van der Waals surface area contributed by atoms with Crippen molar-refractivity contribution in [3.8, 4) is 5.69 Å². The van der Waals surface area contributed by atoms with Crippen LogP contribution in [0.25, 0.3) is 5.69 Å². The smallest absolute Gasteiger partial charge is 0.272 e. The molecule has 2 atom stereocenters. The zero-order valence-electron chi connectivity index (χ0n) is 13.6. The number of hydrogen-bond acceptors (Lipinski definition) is 4. The molecule has 0 saturated heterocycles. The van der Waals surface area contributed by atoms with Crippen LogP contribution in [0.4, 0.5) is 0 Å². The molecule has 0 radical (unpaired) electrons. The van der Waals surface area contributed by atoms with Crippen LogP contribution >= 0.6 is 11.6 Å². The van der Waals surface area contributed by atoms with E-state index in [1.807, 2.05) is 10.7 Å². The molecule has 0 aromatic carbocycles. The van der Waals surface area contributed by atoms with Crippen molar-refractivity contribution >= 4 is 17.5 Å². The topological polar surface area (TPSA) is 80.0 Å². The van der Waals surface area contributed by atoms with E-state index in [-0.39, 0.29) is 12.5 Å². The third kappa shape index (κ3) is 2.50. The number of nitrogens with one attached hydrogen (secondary N) is 1. The summed E-state index contributed by atoms with van der Waals surface area (Å²) in [6, 6.07) is 3.58. The van der Waals surface area contributed by atoms with Gasteiger partial charge in [-0.25, -0.2) is 9.67 Å². The summed E-state index contributed by atoms with van der Waals surface area (Å²) in [5.41, 5.74) is 2.72. The summed E-state index contributed by atoms with van der Waals surface area (Å²) in [4.78, 5) is 16.8. The molecule has 0 unspecified atom stereocenters. The average Bonchev–Trinajstić information content (AvgIpc) is 3.04. The number of carbonyl (C=O) groups excluding carboxylic acids is 1. The highest BCUT2D eigenvalue weighted by atomic mass is 35.5. The van der Waals surface area contributed by atoms with Gasteiger partial charge in [0.2, 0.25) is 0 Å². The molecule has 0 spiro atoms. The highest BCUT2D eigenvalue weighted by Crippen LogP contribution is 2.57. The summed E-state index contributed by atoms with van der Waals surface area (Å²) in [7, 11) is 0. The lowest BCUT2D eigenvalue weighted by molar-refractivity contribution is 0.0863. The summed E-state index contributed by atoms with van der Waals surface area (Å²) < 4.78 is 1.83. The van der Waals surface area contributed by atoms with E-state index in [4.69, 9.17) is 11.6 Å². The van der Waals surface area contributed by atoms with Crippen molar-refractivity contribution in [1.82, 2.24) is 20.1 Å². The minimum atomic E-state index is -0.683. The molecule has 2 N–H and O–H groups in total. The van der Waals surface area contributed by atoms with Crippen molar-refractivity contribution in [3.05, 3.63) is 40.4 Å². The van der Waals surface area contributed by atoms with E-state index in [9.17, 15) is 9.90 Å². The van der Waals surface area contributed by atoms with Crippen molar-refractivity contribution in [1.29, 1.82) is 0 Å². The van der Waals surface area contributed by atoms with Gasteiger partial charge in [0.25, 0.3) is 5.91 Å². The summed E-state index contributed by atoms with van der Waals surface area (Å²) in [5.74, 6) is 0.866. The van der Waals surface area contributed by atoms with E-state index >= 15 is 0 Å². The van der Waals surface area contributed by atoms with Crippen molar-refractivity contribution in [3.63, 3.8) is 0 Å². The Morgan fingerprint density at radius 1 is 1.50 bits per heavy atom. The number of carbonyl (C=O) groups is 1. The van der Waals surface area contributed by atoms with Gasteiger partial charge >= 0.3 is 0 Å². The van der Waals surface area contributed by atoms with Gasteiger partial charge in [-0.05, 0) is 44.7 Å². The number of halogens is 1. The summed E-state index contributed by atoms with van der Waals surface area (Å²) in [5, 5.41) is 17.2. The molecule has 126 valence electrons. The van der Waals surface area contributed by atoms with Crippen LogP contribution in [0.3, 0.4) is 0 Å². The van der Waals surface area contributed by atoms with E-state index in [2.05, 4.69) is 15.4 Å². The number of rotatable bonds is 4. The van der Waals surface area contributed by atoms with E-state index in [1.165, 1.54) is 0 Å². The molecule has 0 bridgehead atoms. The lowest BCUT2D eigenvalue weighted by atomic mass is 10.1. The van der Waals surface area contributed by atoms with Gasteiger partial charge < -0.3 is 10.4 Å². The number of aliphatic hydroxyl groups excluding tert-OH is 1. The highest BCUT2D eigenvalue weighted by molar-refractivity contribution is 6.29. The van der Waals surface area contributed by atoms with Gasteiger partial charge in [-0.1, -0.05) is 11.6 Å². The molecule has 24 heavy (non-hydrogen) atoms. The summed E-state index contributed by atoms with van der Waals surface area (Å²) in [6.07, 6.45) is 3.72. The van der Waals surface area contributed by atoms with Gasteiger partial charge in [0.15, 0.2) is 5.69 Å². The highest BCUT2D eigenvalue weighted by Gasteiger charge is 2.50. The first kappa shape index (κ1) is 15.6. The van der Waals surface area contributed by atoms with Crippen LogP contribution < -0.4 is 5.32 Å². The Morgan fingerprint density at radius 3 is 2.96 bits per heavy atom. The van der Waals surface area contributed by atoms with Gasteiger partial charge in [-0.2, -0.15) is 5.10 Å². The van der Waals surface area contributed by atoms with Crippen LogP contribution in [0.1, 0.15) is 47.9 Å². The third-order valence-electron chi connectivity index (χ3n) is 4.78. The van der Waals surface area contributed by atoms with Crippen molar-refractivity contribution in [2.75, 3.05) is 6.61 Å². The second-order valence-electron chi connectivity index (χ2n) is 7.27. The van der Waals surface area contributed by atoms with Gasteiger partial charge in [-0.3, -0.25) is 4.79 Å². The maximum atomic E-state index is 12.7. The van der Waals surface area contributed by atoms with Gasteiger partial charge in [-0.15, -0.1) is 0 Å². The normalized spacial score (nSPS) is 21.3. The SMILES string of the molecule is CC(C)(CO)NC(=O)c1nn(-c2ccc(Cl)nc2)c2c1C[C@H]1C[C@@H]21. The van der Waals surface area contributed by atoms with Crippen LogP contribution in [0.5, 0.6) is 0 Å². The third-order valence-corrected chi connectivity index (χ3v) is 5.01.